The lowest BCUT2D eigenvalue weighted by atomic mass is 10.0. The van der Waals surface area contributed by atoms with Gasteiger partial charge in [0.1, 0.15) is 5.52 Å². The summed E-state index contributed by atoms with van der Waals surface area (Å²) in [6.07, 6.45) is 5.92. The second-order valence-electron chi connectivity index (χ2n) is 6.94. The van der Waals surface area contributed by atoms with Crippen molar-refractivity contribution in [3.8, 4) is 22.5 Å². The molecule has 3 heterocycles. The monoisotopic (exact) mass is 446 g/mol. The number of hydrogen-bond donors (Lipinski definition) is 3. The van der Waals surface area contributed by atoms with Gasteiger partial charge in [0.15, 0.2) is 5.82 Å². The Kier molecular flexibility index (Phi) is 6.11. The Hall–Kier alpha value is -4.54. The molecule has 4 N–H and O–H groups in total. The minimum absolute atomic E-state index is 0.262. The van der Waals surface area contributed by atoms with Gasteiger partial charge in [-0.05, 0) is 43.7 Å². The molecule has 0 unspecified atom stereocenters. The van der Waals surface area contributed by atoms with Crippen molar-refractivity contribution in [3.63, 3.8) is 0 Å². The Morgan fingerprint density at radius 2 is 1.91 bits per heavy atom. The number of carbonyl (C=O) groups excluding carboxylic acids is 2. The normalized spacial score (nSPS) is 10.7. The van der Waals surface area contributed by atoms with E-state index < -0.39 is 12.1 Å². The number of nitrogens with one attached hydrogen (secondary N) is 2. The molecule has 4 rings (SSSR count). The van der Waals surface area contributed by atoms with Crippen LogP contribution in [-0.2, 0) is 4.74 Å². The quantitative estimate of drug-likeness (QED) is 0.409. The average Bonchev–Trinajstić information content (AvgIpc) is 3.23. The third-order valence-electron chi connectivity index (χ3n) is 4.81. The molecule has 11 heteroatoms. The standard InChI is InChI=1S/C22H22N8O3/c1-3-30(20(23)31)21-28-17-10-13(9-16(18(17)29-21)19-25-6-5-7-26-19)14-8-15(12-24-11-14)27-22(32)33-4-2/h5-12H,3-4H2,1-2H3,(H2,23,31)(H,27,32)(H,28,29). The highest BCUT2D eigenvalue weighted by molar-refractivity contribution is 5.98. The van der Waals surface area contributed by atoms with E-state index in [1.165, 1.54) is 11.1 Å². The summed E-state index contributed by atoms with van der Waals surface area (Å²) in [5.41, 5.74) is 9.42. The van der Waals surface area contributed by atoms with Crippen LogP contribution in [0.1, 0.15) is 13.8 Å². The maximum atomic E-state index is 11.8. The van der Waals surface area contributed by atoms with Crippen LogP contribution in [-0.4, -0.2) is 50.2 Å². The molecule has 0 saturated heterocycles. The summed E-state index contributed by atoms with van der Waals surface area (Å²) < 4.78 is 4.93. The summed E-state index contributed by atoms with van der Waals surface area (Å²) >= 11 is 0. The number of benzene rings is 1. The van der Waals surface area contributed by atoms with Gasteiger partial charge in [0, 0.05) is 36.3 Å². The van der Waals surface area contributed by atoms with E-state index in [0.29, 0.717) is 40.6 Å². The number of anilines is 2. The van der Waals surface area contributed by atoms with E-state index in [0.717, 1.165) is 11.1 Å². The number of hydrogen-bond acceptors (Lipinski definition) is 7. The minimum atomic E-state index is -0.615. The molecule has 0 bridgehead atoms. The molecule has 0 fully saturated rings. The van der Waals surface area contributed by atoms with E-state index in [1.54, 1.807) is 44.6 Å². The SMILES string of the molecule is CCOC(=O)Nc1cncc(-c2cc(-c3ncccn3)c3nc(N(CC)C(N)=O)[nH]c3c2)c1. The Balaban J connectivity index is 1.85. The van der Waals surface area contributed by atoms with E-state index in [4.69, 9.17) is 10.5 Å². The first-order chi connectivity index (χ1) is 16.0. The number of imidazole rings is 1. The topological polar surface area (TPSA) is 152 Å². The van der Waals surface area contributed by atoms with Crippen LogP contribution in [0.3, 0.4) is 0 Å². The maximum Gasteiger partial charge on any atom is 0.411 e. The maximum absolute atomic E-state index is 11.8. The molecule has 0 aliphatic heterocycles. The number of amides is 3. The van der Waals surface area contributed by atoms with Crippen LogP contribution in [0.5, 0.6) is 0 Å². The fourth-order valence-corrected chi connectivity index (χ4v) is 3.37. The molecule has 3 amide bonds. The van der Waals surface area contributed by atoms with Gasteiger partial charge in [-0.15, -0.1) is 0 Å². The molecule has 0 spiro atoms. The van der Waals surface area contributed by atoms with Gasteiger partial charge in [-0.2, -0.15) is 0 Å². The van der Waals surface area contributed by atoms with Crippen LogP contribution < -0.4 is 16.0 Å². The zero-order chi connectivity index (χ0) is 23.4. The zero-order valence-corrected chi connectivity index (χ0v) is 18.1. The first kappa shape index (κ1) is 21.7. The summed E-state index contributed by atoms with van der Waals surface area (Å²) in [6, 6.07) is 6.64. The van der Waals surface area contributed by atoms with Gasteiger partial charge in [0.05, 0.1) is 24.0 Å². The van der Waals surface area contributed by atoms with Crippen molar-refractivity contribution in [2.24, 2.45) is 5.73 Å². The van der Waals surface area contributed by atoms with Gasteiger partial charge in [0.25, 0.3) is 0 Å². The Bertz CT molecular complexity index is 1310. The first-order valence-corrected chi connectivity index (χ1v) is 10.3. The minimum Gasteiger partial charge on any atom is -0.450 e. The summed E-state index contributed by atoms with van der Waals surface area (Å²) in [4.78, 5) is 45.7. The number of H-pyrrole nitrogens is 1. The van der Waals surface area contributed by atoms with Gasteiger partial charge in [-0.3, -0.25) is 15.2 Å². The number of aromatic amines is 1. The Morgan fingerprint density at radius 3 is 2.61 bits per heavy atom. The van der Waals surface area contributed by atoms with E-state index in [2.05, 4.69) is 30.2 Å². The number of primary amides is 1. The van der Waals surface area contributed by atoms with Crippen molar-refractivity contribution in [1.29, 1.82) is 0 Å². The molecule has 1 aromatic carbocycles. The molecule has 0 saturated carbocycles. The lowest BCUT2D eigenvalue weighted by Crippen LogP contribution is -2.36. The van der Waals surface area contributed by atoms with Crippen molar-refractivity contribution < 1.29 is 14.3 Å². The van der Waals surface area contributed by atoms with Gasteiger partial charge < -0.3 is 15.5 Å². The number of nitrogens with two attached hydrogens (primary N) is 1. The molecular formula is C22H22N8O3. The highest BCUT2D eigenvalue weighted by atomic mass is 16.5. The third kappa shape index (κ3) is 4.56. The van der Waals surface area contributed by atoms with Crippen LogP contribution in [0.4, 0.5) is 21.2 Å². The molecule has 0 aliphatic rings. The van der Waals surface area contributed by atoms with E-state index >= 15 is 0 Å². The summed E-state index contributed by atoms with van der Waals surface area (Å²) in [5.74, 6) is 0.795. The molecule has 0 atom stereocenters. The van der Waals surface area contributed by atoms with Crippen LogP contribution in [0.2, 0.25) is 0 Å². The number of carbonyl (C=O) groups is 2. The third-order valence-corrected chi connectivity index (χ3v) is 4.81. The predicted octanol–water partition coefficient (Wildman–Crippen LogP) is 3.56. The second kappa shape index (κ2) is 9.30. The van der Waals surface area contributed by atoms with Gasteiger partial charge in [0.2, 0.25) is 5.95 Å². The number of nitrogens with zero attached hydrogens (tertiary/aromatic N) is 5. The van der Waals surface area contributed by atoms with Gasteiger partial charge in [-0.25, -0.2) is 24.5 Å². The highest BCUT2D eigenvalue weighted by Gasteiger charge is 2.19. The molecule has 0 radical (unpaired) electrons. The summed E-state index contributed by atoms with van der Waals surface area (Å²) in [7, 11) is 0. The lowest BCUT2D eigenvalue weighted by molar-refractivity contribution is 0.168. The lowest BCUT2D eigenvalue weighted by Gasteiger charge is -2.13. The highest BCUT2D eigenvalue weighted by Crippen LogP contribution is 2.33. The largest absolute Gasteiger partial charge is 0.450 e. The fourth-order valence-electron chi connectivity index (χ4n) is 3.37. The van der Waals surface area contributed by atoms with Crippen LogP contribution in [0, 0.1) is 0 Å². The van der Waals surface area contributed by atoms with Crippen molar-refractivity contribution in [1.82, 2.24) is 24.9 Å². The molecular weight excluding hydrogens is 424 g/mol. The van der Waals surface area contributed by atoms with Crippen molar-refractivity contribution in [3.05, 3.63) is 49.1 Å². The predicted molar refractivity (Wildman–Crippen MR) is 124 cm³/mol. The molecule has 168 valence electrons. The van der Waals surface area contributed by atoms with Gasteiger partial charge in [-0.1, -0.05) is 0 Å². The van der Waals surface area contributed by atoms with Crippen molar-refractivity contribution >= 4 is 34.8 Å². The molecule has 33 heavy (non-hydrogen) atoms. The number of fused-ring (bicyclic) bond motifs is 1. The summed E-state index contributed by atoms with van der Waals surface area (Å²) in [6.45, 7) is 4.15. The number of pyridine rings is 1. The molecule has 0 aliphatic carbocycles. The Morgan fingerprint density at radius 1 is 1.12 bits per heavy atom. The summed E-state index contributed by atoms with van der Waals surface area (Å²) in [5, 5.41) is 2.65. The zero-order valence-electron chi connectivity index (χ0n) is 18.1. The fraction of sp³-hybridized carbons (Fsp3) is 0.182. The van der Waals surface area contributed by atoms with Crippen LogP contribution >= 0.6 is 0 Å². The second-order valence-corrected chi connectivity index (χ2v) is 6.94. The van der Waals surface area contributed by atoms with E-state index in [9.17, 15) is 9.59 Å². The molecule has 3 aromatic heterocycles. The van der Waals surface area contributed by atoms with Crippen LogP contribution in [0.15, 0.2) is 49.1 Å². The van der Waals surface area contributed by atoms with Crippen molar-refractivity contribution in [2.75, 3.05) is 23.4 Å². The number of ether oxygens (including phenoxy) is 1. The van der Waals surface area contributed by atoms with Crippen molar-refractivity contribution in [2.45, 2.75) is 13.8 Å². The smallest absolute Gasteiger partial charge is 0.411 e. The molecule has 11 nitrogen and oxygen atoms in total. The number of rotatable bonds is 6. The molecule has 4 aromatic rings. The number of aromatic nitrogens is 5. The number of urea groups is 1. The first-order valence-electron chi connectivity index (χ1n) is 10.3. The Labute approximate surface area is 189 Å². The average molecular weight is 446 g/mol. The van der Waals surface area contributed by atoms with Crippen LogP contribution in [0.25, 0.3) is 33.5 Å². The van der Waals surface area contributed by atoms with E-state index in [1.807, 2.05) is 12.1 Å². The van der Waals surface area contributed by atoms with E-state index in [-0.39, 0.29) is 6.61 Å². The van der Waals surface area contributed by atoms with Gasteiger partial charge >= 0.3 is 12.1 Å².